The number of carbonyl (C=O) groups is 2. The number of carboxylic acids is 1. The highest BCUT2D eigenvalue weighted by Crippen LogP contribution is 2.16. The minimum absolute atomic E-state index is 0.0914. The monoisotopic (exact) mass is 313 g/mol. The SMILES string of the molecule is Cc1cc(O)c(C(=O)C=Cc2cccc(C(=O)O)c2)c(=O)n1C. The second-order valence-electron chi connectivity index (χ2n) is 5.04. The molecule has 23 heavy (non-hydrogen) atoms. The molecule has 0 fully saturated rings. The first-order valence-corrected chi connectivity index (χ1v) is 6.76. The van der Waals surface area contributed by atoms with Crippen molar-refractivity contribution in [2.24, 2.45) is 7.05 Å². The zero-order chi connectivity index (χ0) is 17.1. The van der Waals surface area contributed by atoms with Crippen LogP contribution in [0.15, 0.2) is 41.2 Å². The van der Waals surface area contributed by atoms with Crippen LogP contribution >= 0.6 is 0 Å². The number of aromatic nitrogens is 1. The fourth-order valence-electron chi connectivity index (χ4n) is 2.07. The van der Waals surface area contributed by atoms with Crippen molar-refractivity contribution in [2.75, 3.05) is 0 Å². The quantitative estimate of drug-likeness (QED) is 0.664. The zero-order valence-electron chi connectivity index (χ0n) is 12.6. The molecule has 0 aliphatic carbocycles. The number of ketones is 1. The normalized spacial score (nSPS) is 10.9. The van der Waals surface area contributed by atoms with E-state index in [2.05, 4.69) is 0 Å². The van der Waals surface area contributed by atoms with Gasteiger partial charge in [-0.25, -0.2) is 4.79 Å². The van der Waals surface area contributed by atoms with Gasteiger partial charge in [0.25, 0.3) is 5.56 Å². The van der Waals surface area contributed by atoms with Crippen LogP contribution in [0.3, 0.4) is 0 Å². The maximum atomic E-state index is 12.2. The molecule has 0 aliphatic heterocycles. The average Bonchev–Trinajstić information content (AvgIpc) is 2.51. The van der Waals surface area contributed by atoms with Crippen molar-refractivity contribution < 1.29 is 19.8 Å². The van der Waals surface area contributed by atoms with E-state index in [1.807, 2.05) is 0 Å². The van der Waals surface area contributed by atoms with Gasteiger partial charge in [-0.15, -0.1) is 0 Å². The highest BCUT2D eigenvalue weighted by atomic mass is 16.4. The number of rotatable bonds is 4. The number of carboxylic acid groups (broad SMARTS) is 1. The summed E-state index contributed by atoms with van der Waals surface area (Å²) in [4.78, 5) is 35.1. The van der Waals surface area contributed by atoms with Crippen LogP contribution in [0.1, 0.15) is 32.0 Å². The van der Waals surface area contributed by atoms with Crippen LogP contribution in [0.4, 0.5) is 0 Å². The molecule has 0 unspecified atom stereocenters. The van der Waals surface area contributed by atoms with E-state index in [1.165, 1.54) is 35.9 Å². The lowest BCUT2D eigenvalue weighted by Crippen LogP contribution is -2.25. The first kappa shape index (κ1) is 16.2. The van der Waals surface area contributed by atoms with Gasteiger partial charge in [-0.3, -0.25) is 9.59 Å². The number of allylic oxidation sites excluding steroid dienone is 1. The average molecular weight is 313 g/mol. The van der Waals surface area contributed by atoms with E-state index in [0.29, 0.717) is 11.3 Å². The lowest BCUT2D eigenvalue weighted by atomic mass is 10.1. The van der Waals surface area contributed by atoms with Gasteiger partial charge in [0, 0.05) is 18.8 Å². The van der Waals surface area contributed by atoms with Crippen LogP contribution in [-0.4, -0.2) is 26.5 Å². The Morgan fingerprint density at radius 2 is 1.91 bits per heavy atom. The lowest BCUT2D eigenvalue weighted by Gasteiger charge is -2.07. The molecule has 1 aromatic heterocycles. The maximum Gasteiger partial charge on any atom is 0.335 e. The third-order valence-electron chi connectivity index (χ3n) is 3.46. The van der Waals surface area contributed by atoms with Gasteiger partial charge >= 0.3 is 5.97 Å². The molecule has 0 radical (unpaired) electrons. The van der Waals surface area contributed by atoms with E-state index in [4.69, 9.17) is 5.11 Å². The van der Waals surface area contributed by atoms with E-state index in [-0.39, 0.29) is 16.9 Å². The molecule has 0 saturated heterocycles. The fraction of sp³-hybridized carbons (Fsp3) is 0.118. The molecule has 0 spiro atoms. The van der Waals surface area contributed by atoms with Gasteiger partial charge in [-0.05, 0) is 30.7 Å². The van der Waals surface area contributed by atoms with Crippen LogP contribution < -0.4 is 5.56 Å². The van der Waals surface area contributed by atoms with Crippen LogP contribution in [0, 0.1) is 6.92 Å². The van der Waals surface area contributed by atoms with E-state index in [9.17, 15) is 19.5 Å². The number of hydrogen-bond donors (Lipinski definition) is 2. The predicted molar refractivity (Wildman–Crippen MR) is 84.9 cm³/mol. The number of pyridine rings is 1. The van der Waals surface area contributed by atoms with E-state index in [1.54, 1.807) is 19.1 Å². The van der Waals surface area contributed by atoms with Gasteiger partial charge in [0.15, 0.2) is 5.78 Å². The van der Waals surface area contributed by atoms with Crippen LogP contribution in [0.5, 0.6) is 5.75 Å². The molecule has 0 saturated carbocycles. The van der Waals surface area contributed by atoms with Gasteiger partial charge in [-0.2, -0.15) is 0 Å². The molecule has 118 valence electrons. The summed E-state index contributed by atoms with van der Waals surface area (Å²) in [7, 11) is 1.51. The molecule has 2 aromatic rings. The summed E-state index contributed by atoms with van der Waals surface area (Å²) in [6.45, 7) is 1.64. The Kier molecular flexibility index (Phi) is 4.45. The molecule has 2 N–H and O–H groups in total. The van der Waals surface area contributed by atoms with Crippen molar-refractivity contribution in [3.05, 3.63) is 69.1 Å². The Balaban J connectivity index is 2.37. The van der Waals surface area contributed by atoms with Crippen LogP contribution in [0.25, 0.3) is 6.08 Å². The largest absolute Gasteiger partial charge is 0.507 e. The van der Waals surface area contributed by atoms with E-state index < -0.39 is 17.3 Å². The summed E-state index contributed by atoms with van der Waals surface area (Å²) >= 11 is 0. The van der Waals surface area contributed by atoms with Crippen LogP contribution in [0.2, 0.25) is 0 Å². The van der Waals surface area contributed by atoms with Crippen molar-refractivity contribution in [3.63, 3.8) is 0 Å². The van der Waals surface area contributed by atoms with E-state index >= 15 is 0 Å². The van der Waals surface area contributed by atoms with Gasteiger partial charge in [0.1, 0.15) is 11.3 Å². The van der Waals surface area contributed by atoms with Crippen molar-refractivity contribution in [1.82, 2.24) is 4.57 Å². The third-order valence-corrected chi connectivity index (χ3v) is 3.46. The Bertz CT molecular complexity index is 877. The van der Waals surface area contributed by atoms with Gasteiger partial charge in [-0.1, -0.05) is 18.2 Å². The van der Waals surface area contributed by atoms with Crippen molar-refractivity contribution in [1.29, 1.82) is 0 Å². The standard InChI is InChI=1S/C17H15NO5/c1-10-8-14(20)15(16(21)18(10)2)13(19)7-6-11-4-3-5-12(9-11)17(22)23/h3-9,20H,1-2H3,(H,22,23). The lowest BCUT2D eigenvalue weighted by molar-refractivity contribution is 0.0696. The smallest absolute Gasteiger partial charge is 0.335 e. The second kappa shape index (κ2) is 6.31. The number of carbonyl (C=O) groups excluding carboxylic acids is 1. The minimum atomic E-state index is -1.07. The summed E-state index contributed by atoms with van der Waals surface area (Å²) < 4.78 is 1.27. The topological polar surface area (TPSA) is 96.6 Å². The number of aromatic carboxylic acids is 1. The Labute approximate surface area is 131 Å². The number of aromatic hydroxyl groups is 1. The Morgan fingerprint density at radius 3 is 2.57 bits per heavy atom. The summed E-state index contributed by atoms with van der Waals surface area (Å²) in [6.07, 6.45) is 2.53. The molecule has 6 nitrogen and oxygen atoms in total. The van der Waals surface area contributed by atoms with Gasteiger partial charge < -0.3 is 14.8 Å². The second-order valence-corrected chi connectivity index (χ2v) is 5.04. The molecule has 6 heteroatoms. The number of hydrogen-bond acceptors (Lipinski definition) is 4. The van der Waals surface area contributed by atoms with Crippen molar-refractivity contribution in [3.8, 4) is 5.75 Å². The van der Waals surface area contributed by atoms with Gasteiger partial charge in [0.05, 0.1) is 5.56 Å². The summed E-state index contributed by atoms with van der Waals surface area (Å²) in [5.74, 6) is -2.10. The van der Waals surface area contributed by atoms with Crippen molar-refractivity contribution in [2.45, 2.75) is 6.92 Å². The molecule has 1 heterocycles. The molecule has 0 atom stereocenters. The minimum Gasteiger partial charge on any atom is -0.507 e. The van der Waals surface area contributed by atoms with Crippen LogP contribution in [-0.2, 0) is 7.05 Å². The van der Waals surface area contributed by atoms with Gasteiger partial charge in [0.2, 0.25) is 0 Å². The highest BCUT2D eigenvalue weighted by Gasteiger charge is 2.16. The molecular weight excluding hydrogens is 298 g/mol. The third kappa shape index (κ3) is 3.37. The number of benzene rings is 1. The van der Waals surface area contributed by atoms with E-state index in [0.717, 1.165) is 6.08 Å². The predicted octanol–water partition coefficient (Wildman–Crippen LogP) is 1.99. The molecule has 0 aliphatic rings. The highest BCUT2D eigenvalue weighted by molar-refractivity contribution is 6.08. The summed E-state index contributed by atoms with van der Waals surface area (Å²) in [5, 5.41) is 18.8. The maximum absolute atomic E-state index is 12.2. The summed E-state index contributed by atoms with van der Waals surface area (Å²) in [5.41, 5.74) is 0.220. The molecule has 1 aromatic carbocycles. The Morgan fingerprint density at radius 1 is 1.22 bits per heavy atom. The fourth-order valence-corrected chi connectivity index (χ4v) is 2.07. The summed E-state index contributed by atoms with van der Waals surface area (Å²) in [6, 6.07) is 7.36. The Hall–Kier alpha value is -3.15. The number of nitrogens with zero attached hydrogens (tertiary/aromatic N) is 1. The molecule has 0 amide bonds. The number of aryl methyl sites for hydroxylation is 1. The molecule has 2 rings (SSSR count). The molecular formula is C17H15NO5. The van der Waals surface area contributed by atoms with Crippen molar-refractivity contribution >= 4 is 17.8 Å². The molecule has 0 bridgehead atoms. The first-order valence-electron chi connectivity index (χ1n) is 6.76. The zero-order valence-corrected chi connectivity index (χ0v) is 12.6. The first-order chi connectivity index (χ1) is 10.8.